The van der Waals surface area contributed by atoms with Crippen LogP contribution in [-0.4, -0.2) is 44.5 Å². The number of hydrogen-bond acceptors (Lipinski definition) is 4. The van der Waals surface area contributed by atoms with E-state index in [0.717, 1.165) is 11.8 Å². The van der Waals surface area contributed by atoms with Gasteiger partial charge in [-0.15, -0.1) is 0 Å². The number of carbonyl (C=O) groups is 2. The molecule has 2 aromatic carbocycles. The van der Waals surface area contributed by atoms with Crippen molar-refractivity contribution in [1.29, 1.82) is 0 Å². The van der Waals surface area contributed by atoms with Gasteiger partial charge in [0.15, 0.2) is 9.84 Å². The smallest absolute Gasteiger partial charge is 0.246 e. The lowest BCUT2D eigenvalue weighted by molar-refractivity contribution is -0.139. The van der Waals surface area contributed by atoms with Gasteiger partial charge in [-0.25, -0.2) is 8.42 Å². The van der Waals surface area contributed by atoms with Crippen molar-refractivity contribution in [2.75, 3.05) is 19.3 Å². The third-order valence-corrected chi connectivity index (χ3v) is 5.89. The maximum atomic E-state index is 12.7. The molecule has 28 heavy (non-hydrogen) atoms. The molecule has 0 bridgehead atoms. The van der Waals surface area contributed by atoms with Gasteiger partial charge in [0.2, 0.25) is 11.8 Å². The quantitative estimate of drug-likeness (QED) is 0.754. The average Bonchev–Trinajstić information content (AvgIpc) is 2.65. The van der Waals surface area contributed by atoms with E-state index in [2.05, 4.69) is 11.9 Å². The Labute approximate surface area is 164 Å². The summed E-state index contributed by atoms with van der Waals surface area (Å²) in [6.45, 7) is 4.15. The third-order valence-electron chi connectivity index (χ3n) is 4.78. The molecule has 1 N–H and O–H groups in total. The minimum absolute atomic E-state index is 0.174. The number of likely N-dealkylation sites (tertiary alicyclic amines) is 1. The first-order valence-electron chi connectivity index (χ1n) is 8.86. The number of benzene rings is 2. The summed E-state index contributed by atoms with van der Waals surface area (Å²) in [4.78, 5) is 26.1. The van der Waals surface area contributed by atoms with Crippen molar-refractivity contribution >= 4 is 21.7 Å². The summed E-state index contributed by atoms with van der Waals surface area (Å²) < 4.78 is 23.9. The van der Waals surface area contributed by atoms with Crippen molar-refractivity contribution in [3.63, 3.8) is 0 Å². The van der Waals surface area contributed by atoms with Gasteiger partial charge in [-0.1, -0.05) is 49.0 Å². The molecule has 1 saturated heterocycles. The van der Waals surface area contributed by atoms with Crippen LogP contribution in [0.15, 0.2) is 72.1 Å². The fraction of sp³-hybridized carbons (Fsp3) is 0.238. The van der Waals surface area contributed by atoms with Crippen molar-refractivity contribution < 1.29 is 18.0 Å². The van der Waals surface area contributed by atoms with Crippen LogP contribution in [-0.2, 0) is 19.4 Å². The van der Waals surface area contributed by atoms with Crippen LogP contribution in [0.5, 0.6) is 0 Å². The van der Waals surface area contributed by atoms with E-state index < -0.39 is 15.9 Å². The minimum Gasteiger partial charge on any atom is -0.345 e. The number of carbonyl (C=O) groups excluding carboxylic acids is 2. The van der Waals surface area contributed by atoms with Crippen molar-refractivity contribution in [1.82, 2.24) is 10.2 Å². The van der Waals surface area contributed by atoms with Crippen LogP contribution in [0, 0.1) is 5.92 Å². The van der Waals surface area contributed by atoms with Crippen molar-refractivity contribution in [2.45, 2.75) is 10.9 Å². The predicted molar refractivity (Wildman–Crippen MR) is 106 cm³/mol. The fourth-order valence-electron chi connectivity index (χ4n) is 3.14. The number of nitrogens with zero attached hydrogens (tertiary/aromatic N) is 1. The van der Waals surface area contributed by atoms with Gasteiger partial charge in [0.05, 0.1) is 16.9 Å². The molecular formula is C21H22N2O4S. The number of nitrogens with one attached hydrogen (secondary N) is 1. The maximum Gasteiger partial charge on any atom is 0.246 e. The zero-order chi connectivity index (χ0) is 20.3. The largest absolute Gasteiger partial charge is 0.345 e. The summed E-state index contributed by atoms with van der Waals surface area (Å²) in [6.07, 6.45) is 2.39. The molecule has 1 fully saturated rings. The van der Waals surface area contributed by atoms with E-state index in [0.29, 0.717) is 18.7 Å². The van der Waals surface area contributed by atoms with Gasteiger partial charge in [-0.05, 0) is 29.3 Å². The van der Waals surface area contributed by atoms with Crippen LogP contribution in [0.1, 0.15) is 17.2 Å². The molecule has 6 nitrogen and oxygen atoms in total. The highest BCUT2D eigenvalue weighted by Crippen LogP contribution is 2.26. The van der Waals surface area contributed by atoms with Gasteiger partial charge >= 0.3 is 0 Å². The predicted octanol–water partition coefficient (Wildman–Crippen LogP) is 1.94. The fourth-order valence-corrected chi connectivity index (χ4v) is 3.82. The molecule has 0 aliphatic carbocycles. The Kier molecular flexibility index (Phi) is 5.65. The van der Waals surface area contributed by atoms with E-state index in [1.807, 2.05) is 30.3 Å². The number of amides is 2. The Balaban J connectivity index is 1.85. The van der Waals surface area contributed by atoms with Crippen LogP contribution < -0.4 is 5.32 Å². The summed E-state index contributed by atoms with van der Waals surface area (Å²) in [5.41, 5.74) is 1.53. The molecule has 146 valence electrons. The van der Waals surface area contributed by atoms with Crippen LogP contribution >= 0.6 is 0 Å². The van der Waals surface area contributed by atoms with E-state index in [-0.39, 0.29) is 22.6 Å². The molecule has 1 unspecified atom stereocenters. The first-order valence-corrected chi connectivity index (χ1v) is 10.8. The normalized spacial score (nSPS) is 15.4. The van der Waals surface area contributed by atoms with Crippen molar-refractivity contribution in [2.24, 2.45) is 5.92 Å². The van der Waals surface area contributed by atoms with Gasteiger partial charge < -0.3 is 10.2 Å². The van der Waals surface area contributed by atoms with Crippen LogP contribution in [0.4, 0.5) is 0 Å². The third kappa shape index (κ3) is 4.31. The number of rotatable bonds is 6. The molecule has 3 rings (SSSR count). The second-order valence-electron chi connectivity index (χ2n) is 6.84. The van der Waals surface area contributed by atoms with Crippen molar-refractivity contribution in [3.05, 3.63) is 78.4 Å². The van der Waals surface area contributed by atoms with Gasteiger partial charge in [0.1, 0.15) is 0 Å². The molecular weight excluding hydrogens is 376 g/mol. The Morgan fingerprint density at radius 2 is 1.75 bits per heavy atom. The topological polar surface area (TPSA) is 83.6 Å². The molecule has 2 aromatic rings. The molecule has 1 aliphatic rings. The lowest BCUT2D eigenvalue weighted by atomic mass is 9.95. The van der Waals surface area contributed by atoms with E-state index in [1.54, 1.807) is 23.1 Å². The first kappa shape index (κ1) is 19.8. The zero-order valence-corrected chi connectivity index (χ0v) is 16.4. The van der Waals surface area contributed by atoms with Crippen LogP contribution in [0.25, 0.3) is 0 Å². The highest BCUT2D eigenvalue weighted by atomic mass is 32.2. The van der Waals surface area contributed by atoms with E-state index in [1.165, 1.54) is 12.1 Å². The molecule has 1 atom stereocenters. The summed E-state index contributed by atoms with van der Waals surface area (Å²) >= 11 is 0. The Hall–Kier alpha value is -2.93. The molecule has 1 aliphatic heterocycles. The van der Waals surface area contributed by atoms with Gasteiger partial charge in [0.25, 0.3) is 0 Å². The summed E-state index contributed by atoms with van der Waals surface area (Å²) in [5, 5.41) is 3.01. The minimum atomic E-state index is -3.37. The van der Waals surface area contributed by atoms with Crippen LogP contribution in [0.3, 0.4) is 0 Å². The van der Waals surface area contributed by atoms with E-state index in [4.69, 9.17) is 0 Å². The SMILES string of the molecule is C=CC(=O)N1CC(C(=O)NC(c2ccccc2)c2cccc(S(C)(=O)=O)c2)C1. The summed E-state index contributed by atoms with van der Waals surface area (Å²) in [5.74, 6) is -0.663. The molecule has 0 radical (unpaired) electrons. The Morgan fingerprint density at radius 3 is 2.36 bits per heavy atom. The van der Waals surface area contributed by atoms with E-state index >= 15 is 0 Å². The summed E-state index contributed by atoms with van der Waals surface area (Å²) in [7, 11) is -3.37. The van der Waals surface area contributed by atoms with Crippen LogP contribution in [0.2, 0.25) is 0 Å². The standard InChI is InChI=1S/C21H22N2O4S/c1-3-19(24)23-13-17(14-23)21(25)22-20(15-8-5-4-6-9-15)16-10-7-11-18(12-16)28(2,26)27/h3-12,17,20H,1,13-14H2,2H3,(H,22,25). The van der Waals surface area contributed by atoms with E-state index in [9.17, 15) is 18.0 Å². The zero-order valence-electron chi connectivity index (χ0n) is 15.5. The molecule has 0 aromatic heterocycles. The lowest BCUT2D eigenvalue weighted by Gasteiger charge is -2.38. The van der Waals surface area contributed by atoms with Gasteiger partial charge in [0, 0.05) is 19.3 Å². The number of hydrogen-bond donors (Lipinski definition) is 1. The molecule has 0 saturated carbocycles. The highest BCUT2D eigenvalue weighted by Gasteiger charge is 2.35. The molecule has 7 heteroatoms. The number of sulfone groups is 1. The highest BCUT2D eigenvalue weighted by molar-refractivity contribution is 7.90. The van der Waals surface area contributed by atoms with Gasteiger partial charge in [-0.3, -0.25) is 9.59 Å². The second-order valence-corrected chi connectivity index (χ2v) is 8.86. The summed E-state index contributed by atoms with van der Waals surface area (Å²) in [6, 6.07) is 15.5. The maximum absolute atomic E-state index is 12.7. The van der Waals surface area contributed by atoms with Crippen molar-refractivity contribution in [3.8, 4) is 0 Å². The lowest BCUT2D eigenvalue weighted by Crippen LogP contribution is -2.55. The average molecular weight is 398 g/mol. The molecule has 2 amide bonds. The first-order chi connectivity index (χ1) is 13.3. The Bertz CT molecular complexity index is 996. The monoisotopic (exact) mass is 398 g/mol. The Morgan fingerprint density at radius 1 is 1.11 bits per heavy atom. The second kappa shape index (κ2) is 7.98. The molecule has 0 spiro atoms. The molecule has 1 heterocycles. The van der Waals surface area contributed by atoms with Gasteiger partial charge in [-0.2, -0.15) is 0 Å².